The Labute approximate surface area is 106 Å². The van der Waals surface area contributed by atoms with Gasteiger partial charge in [0.05, 0.1) is 0 Å². The molecule has 3 aliphatic rings. The lowest BCUT2D eigenvalue weighted by Crippen LogP contribution is -2.51. The van der Waals surface area contributed by atoms with Gasteiger partial charge < -0.3 is 5.32 Å². The third-order valence-electron chi connectivity index (χ3n) is 5.47. The first-order valence-electron chi connectivity index (χ1n) is 7.77. The predicted molar refractivity (Wildman–Crippen MR) is 72.2 cm³/mol. The highest BCUT2D eigenvalue weighted by Crippen LogP contribution is 2.34. The number of hydrogen-bond donors (Lipinski definition) is 1. The monoisotopic (exact) mass is 236 g/mol. The van der Waals surface area contributed by atoms with Crippen LogP contribution in [-0.2, 0) is 0 Å². The zero-order valence-corrected chi connectivity index (χ0v) is 11.4. The predicted octanol–water partition coefficient (Wildman–Crippen LogP) is 2.78. The van der Waals surface area contributed by atoms with Crippen LogP contribution in [0.2, 0.25) is 0 Å². The fourth-order valence-corrected chi connectivity index (χ4v) is 3.97. The Morgan fingerprint density at radius 2 is 1.88 bits per heavy atom. The molecule has 3 fully saturated rings. The molecule has 1 spiro atoms. The van der Waals surface area contributed by atoms with E-state index >= 15 is 0 Å². The maximum Gasteiger partial charge on any atom is 0.0308 e. The third-order valence-corrected chi connectivity index (χ3v) is 5.47. The average Bonchev–Trinajstić information content (AvgIpc) is 2.63. The lowest BCUT2D eigenvalue weighted by Gasteiger charge is -2.39. The van der Waals surface area contributed by atoms with Crippen LogP contribution in [0, 0.1) is 5.92 Å². The van der Waals surface area contributed by atoms with Crippen LogP contribution in [0.5, 0.6) is 0 Å². The third kappa shape index (κ3) is 2.53. The normalized spacial score (nSPS) is 34.8. The van der Waals surface area contributed by atoms with Crippen molar-refractivity contribution in [3.05, 3.63) is 0 Å². The summed E-state index contributed by atoms with van der Waals surface area (Å²) in [6, 6.07) is 0.795. The zero-order valence-electron chi connectivity index (χ0n) is 11.4. The molecule has 1 atom stereocenters. The van der Waals surface area contributed by atoms with Crippen molar-refractivity contribution in [2.45, 2.75) is 69.9 Å². The zero-order chi connectivity index (χ0) is 11.7. The Morgan fingerprint density at radius 3 is 2.53 bits per heavy atom. The average molecular weight is 236 g/mol. The second-order valence-electron chi connectivity index (χ2n) is 6.78. The number of hydrogen-bond acceptors (Lipinski definition) is 2. The van der Waals surface area contributed by atoms with Crippen LogP contribution in [0.1, 0.15) is 58.3 Å². The van der Waals surface area contributed by atoms with Gasteiger partial charge in [0.1, 0.15) is 0 Å². The molecule has 3 rings (SSSR count). The first-order valence-corrected chi connectivity index (χ1v) is 7.77. The highest BCUT2D eigenvalue weighted by Gasteiger charge is 2.38. The van der Waals surface area contributed by atoms with Crippen molar-refractivity contribution in [1.29, 1.82) is 0 Å². The second-order valence-corrected chi connectivity index (χ2v) is 6.78. The summed E-state index contributed by atoms with van der Waals surface area (Å²) in [5.41, 5.74) is 0.495. The van der Waals surface area contributed by atoms with Crippen LogP contribution in [-0.4, -0.2) is 36.1 Å². The molecule has 0 radical (unpaired) electrons. The van der Waals surface area contributed by atoms with E-state index in [9.17, 15) is 0 Å². The topological polar surface area (TPSA) is 15.3 Å². The second kappa shape index (κ2) is 4.89. The van der Waals surface area contributed by atoms with Crippen molar-refractivity contribution in [3.8, 4) is 0 Å². The van der Waals surface area contributed by atoms with Crippen LogP contribution in [0.4, 0.5) is 0 Å². The number of nitrogens with zero attached hydrogens (tertiary/aromatic N) is 1. The molecule has 0 amide bonds. The molecule has 0 bridgehead atoms. The van der Waals surface area contributed by atoms with E-state index in [2.05, 4.69) is 17.1 Å². The largest absolute Gasteiger partial charge is 0.310 e. The Kier molecular flexibility index (Phi) is 3.45. The smallest absolute Gasteiger partial charge is 0.0308 e. The molecule has 0 aromatic rings. The summed E-state index contributed by atoms with van der Waals surface area (Å²) < 4.78 is 0. The quantitative estimate of drug-likeness (QED) is 0.793. The molecule has 1 unspecified atom stereocenters. The van der Waals surface area contributed by atoms with Gasteiger partial charge in [-0.15, -0.1) is 0 Å². The van der Waals surface area contributed by atoms with E-state index in [4.69, 9.17) is 0 Å². The highest BCUT2D eigenvalue weighted by molar-refractivity contribution is 4.98. The fraction of sp³-hybridized carbons (Fsp3) is 1.00. The standard InChI is InChI=1S/C15H28N2/c1-13-7-10-16-15(8-2-3-9-15)12-17(13)11-14-5-4-6-14/h13-14,16H,2-12H2,1H3. The van der Waals surface area contributed by atoms with Crippen LogP contribution in [0.3, 0.4) is 0 Å². The molecule has 2 heteroatoms. The molecule has 98 valence electrons. The summed E-state index contributed by atoms with van der Waals surface area (Å²) in [7, 11) is 0. The molecule has 17 heavy (non-hydrogen) atoms. The molecular weight excluding hydrogens is 208 g/mol. The molecule has 1 heterocycles. The fourth-order valence-electron chi connectivity index (χ4n) is 3.97. The SMILES string of the molecule is CC1CCNC2(CCCC2)CN1CC1CCC1. The molecule has 0 aromatic carbocycles. The Bertz CT molecular complexity index is 254. The van der Waals surface area contributed by atoms with E-state index in [0.29, 0.717) is 5.54 Å². The van der Waals surface area contributed by atoms with Gasteiger partial charge in [0.15, 0.2) is 0 Å². The maximum atomic E-state index is 3.88. The Balaban J connectivity index is 1.65. The maximum absolute atomic E-state index is 3.88. The van der Waals surface area contributed by atoms with Gasteiger partial charge in [0, 0.05) is 24.7 Å². The van der Waals surface area contributed by atoms with Crippen molar-refractivity contribution in [2.75, 3.05) is 19.6 Å². The van der Waals surface area contributed by atoms with E-state index < -0.39 is 0 Å². The highest BCUT2D eigenvalue weighted by atomic mass is 15.2. The minimum absolute atomic E-state index is 0.495. The van der Waals surface area contributed by atoms with Crippen molar-refractivity contribution in [3.63, 3.8) is 0 Å². The van der Waals surface area contributed by atoms with Crippen LogP contribution >= 0.6 is 0 Å². The first-order chi connectivity index (χ1) is 8.27. The van der Waals surface area contributed by atoms with Crippen LogP contribution < -0.4 is 5.32 Å². The van der Waals surface area contributed by atoms with E-state index in [0.717, 1.165) is 12.0 Å². The Morgan fingerprint density at radius 1 is 1.12 bits per heavy atom. The van der Waals surface area contributed by atoms with Crippen LogP contribution in [0.25, 0.3) is 0 Å². The van der Waals surface area contributed by atoms with Crippen molar-refractivity contribution >= 4 is 0 Å². The molecule has 2 saturated carbocycles. The summed E-state index contributed by atoms with van der Waals surface area (Å²) in [6.07, 6.45) is 11.5. The molecule has 0 aromatic heterocycles. The molecule has 2 aliphatic carbocycles. The molecule has 2 nitrogen and oxygen atoms in total. The lowest BCUT2D eigenvalue weighted by atomic mass is 9.84. The van der Waals surface area contributed by atoms with Gasteiger partial charge in [0.25, 0.3) is 0 Å². The van der Waals surface area contributed by atoms with E-state index in [1.165, 1.54) is 71.0 Å². The first kappa shape index (κ1) is 12.0. The summed E-state index contributed by atoms with van der Waals surface area (Å²) >= 11 is 0. The summed E-state index contributed by atoms with van der Waals surface area (Å²) in [5.74, 6) is 1.02. The van der Waals surface area contributed by atoms with Crippen molar-refractivity contribution < 1.29 is 0 Å². The molecule has 1 saturated heterocycles. The Hall–Kier alpha value is -0.0800. The van der Waals surface area contributed by atoms with Gasteiger partial charge in [-0.2, -0.15) is 0 Å². The minimum Gasteiger partial charge on any atom is -0.310 e. The summed E-state index contributed by atoms with van der Waals surface area (Å²) in [4.78, 5) is 2.81. The summed E-state index contributed by atoms with van der Waals surface area (Å²) in [6.45, 7) is 6.38. The van der Waals surface area contributed by atoms with Gasteiger partial charge in [-0.1, -0.05) is 19.3 Å². The van der Waals surface area contributed by atoms with Crippen molar-refractivity contribution in [1.82, 2.24) is 10.2 Å². The van der Waals surface area contributed by atoms with Gasteiger partial charge in [-0.05, 0) is 51.5 Å². The minimum atomic E-state index is 0.495. The molecule has 1 N–H and O–H groups in total. The van der Waals surface area contributed by atoms with Gasteiger partial charge in [-0.3, -0.25) is 4.90 Å². The summed E-state index contributed by atoms with van der Waals surface area (Å²) in [5, 5.41) is 3.88. The molecular formula is C15H28N2. The number of rotatable bonds is 2. The van der Waals surface area contributed by atoms with E-state index in [1.807, 2.05) is 0 Å². The van der Waals surface area contributed by atoms with Gasteiger partial charge in [-0.25, -0.2) is 0 Å². The van der Waals surface area contributed by atoms with E-state index in [-0.39, 0.29) is 0 Å². The lowest BCUT2D eigenvalue weighted by molar-refractivity contribution is 0.117. The van der Waals surface area contributed by atoms with Crippen LogP contribution in [0.15, 0.2) is 0 Å². The van der Waals surface area contributed by atoms with Gasteiger partial charge >= 0.3 is 0 Å². The molecule has 1 aliphatic heterocycles. The van der Waals surface area contributed by atoms with Crippen molar-refractivity contribution in [2.24, 2.45) is 5.92 Å². The van der Waals surface area contributed by atoms with Gasteiger partial charge in [0.2, 0.25) is 0 Å². The van der Waals surface area contributed by atoms with E-state index in [1.54, 1.807) is 0 Å². The number of nitrogens with one attached hydrogen (secondary N) is 1.